The van der Waals surface area contributed by atoms with Crippen LogP contribution in [0.15, 0.2) is 0 Å². The Labute approximate surface area is 524 Å². The highest BCUT2D eigenvalue weighted by Gasteiger charge is 2.30. The van der Waals surface area contributed by atoms with Crippen molar-refractivity contribution in [3.8, 4) is 0 Å². The maximum atomic E-state index is 13.0. The van der Waals surface area contributed by atoms with Crippen LogP contribution >= 0.6 is 15.6 Å². The van der Waals surface area contributed by atoms with Crippen LogP contribution in [0.1, 0.15) is 325 Å². The number of aliphatic hydroxyl groups is 1. The predicted molar refractivity (Wildman–Crippen MR) is 344 cm³/mol. The molecule has 3 unspecified atom stereocenters. The number of carbonyl (C=O) groups excluding carboxylic acids is 4. The second-order valence-electron chi connectivity index (χ2n) is 25.9. The van der Waals surface area contributed by atoms with Crippen molar-refractivity contribution >= 4 is 39.5 Å². The lowest BCUT2D eigenvalue weighted by molar-refractivity contribution is -0.161. The zero-order valence-corrected chi connectivity index (χ0v) is 57.7. The van der Waals surface area contributed by atoms with E-state index in [0.717, 1.165) is 108 Å². The monoisotopic (exact) mass is 1270 g/mol. The van der Waals surface area contributed by atoms with Gasteiger partial charge in [-0.1, -0.05) is 274 Å². The first-order chi connectivity index (χ1) is 41.1. The maximum Gasteiger partial charge on any atom is 0.472 e. The summed E-state index contributed by atoms with van der Waals surface area (Å²) in [5, 5.41) is 10.6. The average Bonchev–Trinajstić information content (AvgIpc) is 3.59. The normalized spacial score (nSPS) is 14.7. The number of phosphoric ester groups is 2. The first-order valence-corrected chi connectivity index (χ1v) is 37.7. The van der Waals surface area contributed by atoms with E-state index in [-0.39, 0.29) is 25.7 Å². The average molecular weight is 1270 g/mol. The molecule has 3 N–H and O–H groups in total. The third-order valence-corrected chi connectivity index (χ3v) is 17.6. The van der Waals surface area contributed by atoms with Crippen molar-refractivity contribution in [3.63, 3.8) is 0 Å². The van der Waals surface area contributed by atoms with Crippen molar-refractivity contribution in [2.75, 3.05) is 39.6 Å². The number of phosphoric acid groups is 2. The summed E-state index contributed by atoms with van der Waals surface area (Å²) in [6, 6.07) is 0. The second-order valence-corrected chi connectivity index (χ2v) is 28.8. The van der Waals surface area contributed by atoms with Crippen LogP contribution in [0.25, 0.3) is 0 Å². The van der Waals surface area contributed by atoms with E-state index in [1.165, 1.54) is 122 Å². The Morgan fingerprint density at radius 2 is 0.558 bits per heavy atom. The third kappa shape index (κ3) is 59.7. The molecule has 0 aromatic carbocycles. The lowest BCUT2D eigenvalue weighted by Crippen LogP contribution is -2.30. The van der Waals surface area contributed by atoms with Gasteiger partial charge in [0.05, 0.1) is 26.4 Å². The summed E-state index contributed by atoms with van der Waals surface area (Å²) in [5.74, 6) is 0.784. The summed E-state index contributed by atoms with van der Waals surface area (Å²) >= 11 is 0. The van der Waals surface area contributed by atoms with Gasteiger partial charge in [0.25, 0.3) is 0 Å². The number of carbonyl (C=O) groups is 4. The van der Waals surface area contributed by atoms with E-state index < -0.39 is 97.5 Å². The molecule has 0 saturated carbocycles. The van der Waals surface area contributed by atoms with Crippen LogP contribution in [0, 0.1) is 23.7 Å². The Balaban J connectivity index is 5.22. The fourth-order valence-corrected chi connectivity index (χ4v) is 11.5. The van der Waals surface area contributed by atoms with Crippen molar-refractivity contribution in [1.82, 2.24) is 0 Å². The highest BCUT2D eigenvalue weighted by molar-refractivity contribution is 7.47. The van der Waals surface area contributed by atoms with E-state index in [2.05, 4.69) is 55.4 Å². The van der Waals surface area contributed by atoms with Crippen molar-refractivity contribution in [1.29, 1.82) is 0 Å². The van der Waals surface area contributed by atoms with Gasteiger partial charge in [0.2, 0.25) is 0 Å². The molecule has 0 saturated heterocycles. The molecule has 0 aliphatic rings. The number of esters is 4. The van der Waals surface area contributed by atoms with Crippen molar-refractivity contribution in [3.05, 3.63) is 0 Å². The van der Waals surface area contributed by atoms with E-state index in [9.17, 15) is 43.2 Å². The minimum atomic E-state index is -4.95. The fourth-order valence-electron chi connectivity index (χ4n) is 9.93. The standard InChI is InChI=1S/C67H130O17P2/c1-9-60(8)46-38-30-20-16-13-14-18-22-33-41-49-66(71)83-62(54-78-65(70)48-40-32-25-23-28-36-44-58(4)5)55-81-85(73,74)79-51-61(68)52-80-86(75,76)82-56-63(84-67(72)50-42-34-26-24-29-37-45-59(6)7)53-77-64(69)47-39-31-21-17-12-10-11-15-19-27-35-43-57(2)3/h57-63,68H,9-56H2,1-8H3,(H,73,74)(H,75,76)/t60?,61-,62+,63+/m0/s1. The molecule has 510 valence electrons. The van der Waals surface area contributed by atoms with Crippen molar-refractivity contribution in [2.45, 2.75) is 343 Å². The molecule has 0 bridgehead atoms. The maximum absolute atomic E-state index is 13.0. The van der Waals surface area contributed by atoms with Gasteiger partial charge in [-0.15, -0.1) is 0 Å². The van der Waals surface area contributed by atoms with Crippen LogP contribution in [0.2, 0.25) is 0 Å². The molecular weight excluding hydrogens is 1140 g/mol. The molecule has 0 fully saturated rings. The van der Waals surface area contributed by atoms with Gasteiger partial charge in [-0.3, -0.25) is 37.3 Å². The Bertz CT molecular complexity index is 1720. The van der Waals surface area contributed by atoms with E-state index in [1.807, 2.05) is 0 Å². The second kappa shape index (κ2) is 57.0. The molecular formula is C67H130O17P2. The van der Waals surface area contributed by atoms with Crippen LogP contribution in [-0.2, 0) is 65.4 Å². The summed E-state index contributed by atoms with van der Waals surface area (Å²) in [4.78, 5) is 72.3. The lowest BCUT2D eigenvalue weighted by Gasteiger charge is -2.21. The molecule has 19 heteroatoms. The fraction of sp³-hybridized carbons (Fsp3) is 0.940. The van der Waals surface area contributed by atoms with Gasteiger partial charge < -0.3 is 33.8 Å². The summed E-state index contributed by atoms with van der Waals surface area (Å²) in [6.45, 7) is 14.0. The molecule has 0 rings (SSSR count). The minimum Gasteiger partial charge on any atom is -0.462 e. The van der Waals surface area contributed by atoms with E-state index in [1.54, 1.807) is 0 Å². The molecule has 0 aliphatic heterocycles. The smallest absolute Gasteiger partial charge is 0.462 e. The Hall–Kier alpha value is -1.94. The molecule has 0 amide bonds. The highest BCUT2D eigenvalue weighted by Crippen LogP contribution is 2.45. The summed E-state index contributed by atoms with van der Waals surface area (Å²) in [6.07, 6.45) is 37.8. The molecule has 0 spiro atoms. The largest absolute Gasteiger partial charge is 0.472 e. The topological polar surface area (TPSA) is 237 Å². The SMILES string of the molecule is CCC(C)CCCCCCCCCCCCC(=O)O[C@H](COC(=O)CCCCCCCCC(C)C)COP(=O)(O)OC[C@H](O)COP(=O)(O)OC[C@@H](COC(=O)CCCCCCCCCCCCCC(C)C)OC(=O)CCCCCCCCC(C)C. The van der Waals surface area contributed by atoms with Gasteiger partial charge in [0.15, 0.2) is 12.2 Å². The number of rotatable bonds is 64. The quantitative estimate of drug-likeness (QED) is 0.0222. The van der Waals surface area contributed by atoms with Crippen LogP contribution in [0.4, 0.5) is 0 Å². The van der Waals surface area contributed by atoms with Gasteiger partial charge in [-0.05, 0) is 49.4 Å². The molecule has 0 aromatic heterocycles. The number of ether oxygens (including phenoxy) is 4. The zero-order chi connectivity index (χ0) is 63.9. The lowest BCUT2D eigenvalue weighted by atomic mass is 9.99. The van der Waals surface area contributed by atoms with Crippen molar-refractivity contribution < 1.29 is 80.2 Å². The highest BCUT2D eigenvalue weighted by atomic mass is 31.2. The third-order valence-electron chi connectivity index (χ3n) is 15.7. The van der Waals surface area contributed by atoms with Gasteiger partial charge in [-0.25, -0.2) is 9.13 Å². The molecule has 0 aliphatic carbocycles. The first-order valence-electron chi connectivity index (χ1n) is 34.7. The van der Waals surface area contributed by atoms with Gasteiger partial charge in [0.1, 0.15) is 19.3 Å². The molecule has 0 heterocycles. The zero-order valence-electron chi connectivity index (χ0n) is 55.9. The predicted octanol–water partition coefficient (Wildman–Crippen LogP) is 18.5. The Kier molecular flexibility index (Phi) is 55.7. The number of hydrogen-bond acceptors (Lipinski definition) is 15. The van der Waals surface area contributed by atoms with E-state index in [4.69, 9.17) is 37.0 Å². The van der Waals surface area contributed by atoms with Gasteiger partial charge >= 0.3 is 39.5 Å². The van der Waals surface area contributed by atoms with E-state index >= 15 is 0 Å². The van der Waals surface area contributed by atoms with Crippen LogP contribution in [0.5, 0.6) is 0 Å². The number of unbranched alkanes of at least 4 members (excludes halogenated alkanes) is 29. The summed E-state index contributed by atoms with van der Waals surface area (Å²) in [5.41, 5.74) is 0. The van der Waals surface area contributed by atoms with Crippen molar-refractivity contribution in [2.24, 2.45) is 23.7 Å². The number of hydrogen-bond donors (Lipinski definition) is 3. The van der Waals surface area contributed by atoms with Crippen LogP contribution in [-0.4, -0.2) is 96.7 Å². The molecule has 0 aromatic rings. The Morgan fingerprint density at radius 1 is 0.326 bits per heavy atom. The minimum absolute atomic E-state index is 0.101. The molecule has 0 radical (unpaired) electrons. The van der Waals surface area contributed by atoms with Crippen LogP contribution in [0.3, 0.4) is 0 Å². The van der Waals surface area contributed by atoms with Gasteiger partial charge in [-0.2, -0.15) is 0 Å². The molecule has 17 nitrogen and oxygen atoms in total. The molecule has 6 atom stereocenters. The molecule has 86 heavy (non-hydrogen) atoms. The van der Waals surface area contributed by atoms with Crippen LogP contribution < -0.4 is 0 Å². The van der Waals surface area contributed by atoms with E-state index in [0.29, 0.717) is 37.5 Å². The summed E-state index contributed by atoms with van der Waals surface area (Å²) in [7, 11) is -9.89. The first kappa shape index (κ1) is 84.1. The Morgan fingerprint density at radius 3 is 0.826 bits per heavy atom. The number of aliphatic hydroxyl groups excluding tert-OH is 1. The van der Waals surface area contributed by atoms with Gasteiger partial charge in [0, 0.05) is 25.7 Å². The summed E-state index contributed by atoms with van der Waals surface area (Å²) < 4.78 is 68.1.